The molecule has 0 spiro atoms. The third-order valence-corrected chi connectivity index (χ3v) is 3.36. The van der Waals surface area contributed by atoms with Gasteiger partial charge in [-0.25, -0.2) is 9.59 Å². The Balaban J connectivity index is 1.90. The molecule has 1 aromatic rings. The molecule has 2 amide bonds. The number of hydrogen-bond donors (Lipinski definition) is 3. The van der Waals surface area contributed by atoms with E-state index in [1.165, 1.54) is 6.07 Å². The van der Waals surface area contributed by atoms with Gasteiger partial charge < -0.3 is 25.5 Å². The van der Waals surface area contributed by atoms with Gasteiger partial charge in [0.2, 0.25) is 0 Å². The third-order valence-electron chi connectivity index (χ3n) is 3.36. The van der Waals surface area contributed by atoms with E-state index in [9.17, 15) is 9.59 Å². The van der Waals surface area contributed by atoms with Crippen LogP contribution in [0.3, 0.4) is 0 Å². The Morgan fingerprint density at radius 3 is 2.95 bits per heavy atom. The van der Waals surface area contributed by atoms with Crippen LogP contribution in [0.5, 0.6) is 0 Å². The van der Waals surface area contributed by atoms with Crippen molar-refractivity contribution in [3.63, 3.8) is 0 Å². The van der Waals surface area contributed by atoms with Crippen molar-refractivity contribution in [2.45, 2.75) is 32.4 Å². The number of furan rings is 1. The molecule has 0 aliphatic carbocycles. The van der Waals surface area contributed by atoms with Crippen LogP contribution in [0, 0.1) is 6.92 Å². The zero-order valence-corrected chi connectivity index (χ0v) is 11.4. The lowest BCUT2D eigenvalue weighted by Gasteiger charge is -2.30. The van der Waals surface area contributed by atoms with Gasteiger partial charge in [0.1, 0.15) is 17.1 Å². The molecule has 2 rings (SSSR count). The fourth-order valence-electron chi connectivity index (χ4n) is 2.31. The summed E-state index contributed by atoms with van der Waals surface area (Å²) in [7, 11) is 0. The van der Waals surface area contributed by atoms with Crippen LogP contribution in [0.2, 0.25) is 0 Å². The summed E-state index contributed by atoms with van der Waals surface area (Å²) in [5.41, 5.74) is 5.94. The largest absolute Gasteiger partial charge is 0.478 e. The van der Waals surface area contributed by atoms with Gasteiger partial charge >= 0.3 is 12.0 Å². The number of carboxylic acid groups (broad SMARTS) is 1. The number of carbonyl (C=O) groups is 2. The highest BCUT2D eigenvalue weighted by Gasteiger charge is 2.21. The maximum absolute atomic E-state index is 11.9. The summed E-state index contributed by atoms with van der Waals surface area (Å²) in [4.78, 5) is 24.5. The fraction of sp³-hybridized carbons (Fsp3) is 0.538. The molecule has 0 saturated carbocycles. The first-order chi connectivity index (χ1) is 9.47. The molecule has 7 nitrogen and oxygen atoms in total. The lowest BCUT2D eigenvalue weighted by atomic mass is 10.1. The van der Waals surface area contributed by atoms with E-state index in [-0.39, 0.29) is 24.2 Å². The number of likely N-dealkylation sites (tertiary alicyclic amines) is 1. The number of urea groups is 1. The van der Waals surface area contributed by atoms with Gasteiger partial charge in [-0.05, 0) is 25.8 Å². The van der Waals surface area contributed by atoms with Crippen LogP contribution in [-0.2, 0) is 6.54 Å². The summed E-state index contributed by atoms with van der Waals surface area (Å²) in [6.07, 6.45) is 1.83. The predicted octanol–water partition coefficient (Wildman–Crippen LogP) is 0.919. The number of aromatic carboxylic acids is 1. The molecule has 0 radical (unpaired) electrons. The number of nitrogens with zero attached hydrogens (tertiary/aromatic N) is 1. The number of nitrogens with one attached hydrogen (secondary N) is 1. The van der Waals surface area contributed by atoms with Crippen molar-refractivity contribution >= 4 is 12.0 Å². The van der Waals surface area contributed by atoms with Gasteiger partial charge in [0, 0.05) is 19.1 Å². The number of nitrogens with two attached hydrogens (primary N) is 1. The van der Waals surface area contributed by atoms with Crippen molar-refractivity contribution in [2.24, 2.45) is 5.73 Å². The van der Waals surface area contributed by atoms with Crippen molar-refractivity contribution in [3.8, 4) is 0 Å². The highest BCUT2D eigenvalue weighted by atomic mass is 16.4. The Labute approximate surface area is 116 Å². The molecule has 1 unspecified atom stereocenters. The van der Waals surface area contributed by atoms with Gasteiger partial charge in [-0.1, -0.05) is 0 Å². The highest BCUT2D eigenvalue weighted by molar-refractivity contribution is 5.88. The van der Waals surface area contributed by atoms with Crippen LogP contribution in [-0.4, -0.2) is 41.1 Å². The fourth-order valence-corrected chi connectivity index (χ4v) is 2.31. The van der Waals surface area contributed by atoms with E-state index < -0.39 is 5.97 Å². The van der Waals surface area contributed by atoms with Gasteiger partial charge in [0.05, 0.1) is 6.54 Å². The molecule has 1 atom stereocenters. The lowest BCUT2D eigenvalue weighted by molar-refractivity contribution is 0.0695. The molecule has 0 aromatic carbocycles. The van der Waals surface area contributed by atoms with Crippen LogP contribution in [0.1, 0.15) is 34.7 Å². The number of hydrogen-bond acceptors (Lipinski definition) is 4. The summed E-state index contributed by atoms with van der Waals surface area (Å²) < 4.78 is 5.30. The zero-order valence-electron chi connectivity index (χ0n) is 11.4. The minimum Gasteiger partial charge on any atom is -0.478 e. The summed E-state index contributed by atoms with van der Waals surface area (Å²) in [5, 5.41) is 11.6. The molecule has 1 aliphatic heterocycles. The molecular formula is C13H19N3O4. The van der Waals surface area contributed by atoms with E-state index in [2.05, 4.69) is 5.32 Å². The third kappa shape index (κ3) is 3.30. The van der Waals surface area contributed by atoms with Crippen LogP contribution in [0.4, 0.5) is 4.79 Å². The van der Waals surface area contributed by atoms with E-state index >= 15 is 0 Å². The quantitative estimate of drug-likeness (QED) is 0.763. The second-order valence-corrected chi connectivity index (χ2v) is 4.99. The molecule has 2 heterocycles. The van der Waals surface area contributed by atoms with Gasteiger partial charge in [0.15, 0.2) is 0 Å². The number of carbonyl (C=O) groups excluding carboxylic acids is 1. The second kappa shape index (κ2) is 5.96. The van der Waals surface area contributed by atoms with Crippen molar-refractivity contribution in [2.75, 3.05) is 13.1 Å². The Morgan fingerprint density at radius 1 is 1.60 bits per heavy atom. The zero-order chi connectivity index (χ0) is 14.7. The second-order valence-electron chi connectivity index (χ2n) is 4.99. The SMILES string of the molecule is Cc1oc(CNC(=O)N2CCCC(N)C2)cc1C(=O)O. The maximum Gasteiger partial charge on any atom is 0.339 e. The lowest BCUT2D eigenvalue weighted by Crippen LogP contribution is -2.49. The molecule has 1 fully saturated rings. The minimum atomic E-state index is -1.04. The smallest absolute Gasteiger partial charge is 0.339 e. The molecule has 1 saturated heterocycles. The summed E-state index contributed by atoms with van der Waals surface area (Å²) in [5.74, 6) is -0.276. The monoisotopic (exact) mass is 281 g/mol. The predicted molar refractivity (Wildman–Crippen MR) is 71.4 cm³/mol. The molecule has 110 valence electrons. The van der Waals surface area contributed by atoms with Crippen molar-refractivity contribution < 1.29 is 19.1 Å². The molecule has 4 N–H and O–H groups in total. The van der Waals surface area contributed by atoms with Crippen LogP contribution < -0.4 is 11.1 Å². The average Bonchev–Trinajstić information content (AvgIpc) is 2.77. The van der Waals surface area contributed by atoms with Crippen molar-refractivity contribution in [1.82, 2.24) is 10.2 Å². The van der Waals surface area contributed by atoms with E-state index in [4.69, 9.17) is 15.3 Å². The normalized spacial score (nSPS) is 18.9. The van der Waals surface area contributed by atoms with Gasteiger partial charge in [-0.2, -0.15) is 0 Å². The summed E-state index contributed by atoms with van der Waals surface area (Å²) >= 11 is 0. The number of rotatable bonds is 3. The number of piperidine rings is 1. The first-order valence-electron chi connectivity index (χ1n) is 6.58. The first-order valence-corrected chi connectivity index (χ1v) is 6.58. The van der Waals surface area contributed by atoms with Crippen LogP contribution >= 0.6 is 0 Å². The van der Waals surface area contributed by atoms with Gasteiger partial charge in [-0.3, -0.25) is 0 Å². The Kier molecular flexibility index (Phi) is 4.29. The standard InChI is InChI=1S/C13H19N3O4/c1-8-11(12(17)18)5-10(20-8)6-15-13(19)16-4-2-3-9(14)7-16/h5,9H,2-4,6-7,14H2,1H3,(H,15,19)(H,17,18). The Bertz CT molecular complexity index is 512. The van der Waals surface area contributed by atoms with Gasteiger partial charge in [0.25, 0.3) is 0 Å². The van der Waals surface area contributed by atoms with E-state index in [1.807, 2.05) is 0 Å². The molecular weight excluding hydrogens is 262 g/mol. The molecule has 7 heteroatoms. The van der Waals surface area contributed by atoms with Crippen LogP contribution in [0.25, 0.3) is 0 Å². The Hall–Kier alpha value is -2.02. The first kappa shape index (κ1) is 14.4. The summed E-state index contributed by atoms with van der Waals surface area (Å²) in [6.45, 7) is 2.98. The molecule has 0 bridgehead atoms. The van der Waals surface area contributed by atoms with Crippen molar-refractivity contribution in [3.05, 3.63) is 23.2 Å². The van der Waals surface area contributed by atoms with Crippen LogP contribution in [0.15, 0.2) is 10.5 Å². The number of aryl methyl sites for hydroxylation is 1. The highest BCUT2D eigenvalue weighted by Crippen LogP contribution is 2.15. The minimum absolute atomic E-state index is 0.0268. The molecule has 1 aromatic heterocycles. The van der Waals surface area contributed by atoms with E-state index in [1.54, 1.807) is 11.8 Å². The number of carboxylic acids is 1. The molecule has 1 aliphatic rings. The number of amides is 2. The van der Waals surface area contributed by atoms with E-state index in [0.29, 0.717) is 24.6 Å². The maximum atomic E-state index is 11.9. The van der Waals surface area contributed by atoms with Crippen molar-refractivity contribution in [1.29, 1.82) is 0 Å². The molecule has 20 heavy (non-hydrogen) atoms. The topological polar surface area (TPSA) is 109 Å². The summed E-state index contributed by atoms with van der Waals surface area (Å²) in [6, 6.07) is 1.25. The Morgan fingerprint density at radius 2 is 2.35 bits per heavy atom. The van der Waals surface area contributed by atoms with E-state index in [0.717, 1.165) is 12.8 Å². The van der Waals surface area contributed by atoms with Gasteiger partial charge in [-0.15, -0.1) is 0 Å². The average molecular weight is 281 g/mol.